The Hall–Kier alpha value is -1.48. The van der Waals surface area contributed by atoms with Gasteiger partial charge in [0.25, 0.3) is 0 Å². The molecule has 0 bridgehead atoms. The highest BCUT2D eigenvalue weighted by molar-refractivity contribution is 5.86. The molecule has 0 spiro atoms. The topological polar surface area (TPSA) is 26.2 Å². The third kappa shape index (κ3) is 2.35. The predicted molar refractivity (Wildman–Crippen MR) is 78.9 cm³/mol. The van der Waals surface area contributed by atoms with Crippen molar-refractivity contribution < 1.29 is 4.74 Å². The van der Waals surface area contributed by atoms with Crippen LogP contribution >= 0.6 is 0 Å². The molecule has 0 saturated carbocycles. The van der Waals surface area contributed by atoms with Gasteiger partial charge in [0.2, 0.25) is 0 Å². The van der Waals surface area contributed by atoms with Gasteiger partial charge in [0.05, 0.1) is 6.61 Å². The van der Waals surface area contributed by atoms with E-state index in [9.17, 15) is 0 Å². The fourth-order valence-electron chi connectivity index (χ4n) is 3.10. The molecular formula is C16H22N2O. The maximum Gasteiger partial charge on any atom is 0.120 e. The fourth-order valence-corrected chi connectivity index (χ4v) is 3.10. The van der Waals surface area contributed by atoms with Crippen molar-refractivity contribution in [3.8, 4) is 5.75 Å². The monoisotopic (exact) mass is 258 g/mol. The Labute approximate surface area is 114 Å². The summed E-state index contributed by atoms with van der Waals surface area (Å²) in [5.41, 5.74) is 2.76. The lowest BCUT2D eigenvalue weighted by Gasteiger charge is -2.22. The van der Waals surface area contributed by atoms with E-state index in [0.29, 0.717) is 5.92 Å². The zero-order valence-corrected chi connectivity index (χ0v) is 11.8. The Kier molecular flexibility index (Phi) is 3.47. The Bertz CT molecular complexity index is 567. The van der Waals surface area contributed by atoms with Crippen molar-refractivity contribution in [2.24, 2.45) is 7.05 Å². The zero-order valence-electron chi connectivity index (χ0n) is 11.8. The number of fused-ring (bicyclic) bond motifs is 1. The van der Waals surface area contributed by atoms with Crippen LogP contribution in [0.25, 0.3) is 10.9 Å². The number of benzene rings is 1. The number of nitrogens with one attached hydrogen (secondary N) is 1. The van der Waals surface area contributed by atoms with E-state index < -0.39 is 0 Å². The van der Waals surface area contributed by atoms with Crippen LogP contribution in [0.1, 0.15) is 31.2 Å². The van der Waals surface area contributed by atoms with Gasteiger partial charge in [-0.2, -0.15) is 0 Å². The molecular weight excluding hydrogens is 236 g/mol. The predicted octanol–water partition coefficient (Wildman–Crippen LogP) is 3.04. The molecule has 1 aromatic carbocycles. The third-order valence-corrected chi connectivity index (χ3v) is 4.04. The lowest BCUT2D eigenvalue weighted by molar-refractivity contribution is 0.340. The lowest BCUT2D eigenvalue weighted by atomic mass is 9.91. The first-order chi connectivity index (χ1) is 9.29. The minimum Gasteiger partial charge on any atom is -0.494 e. The smallest absolute Gasteiger partial charge is 0.120 e. The Morgan fingerprint density at radius 2 is 2.32 bits per heavy atom. The second kappa shape index (κ2) is 5.25. The van der Waals surface area contributed by atoms with Gasteiger partial charge in [-0.3, -0.25) is 0 Å². The average Bonchev–Trinajstić information content (AvgIpc) is 2.77. The highest BCUT2D eigenvalue weighted by Gasteiger charge is 2.19. The minimum atomic E-state index is 0.634. The summed E-state index contributed by atoms with van der Waals surface area (Å²) in [5.74, 6) is 1.61. The van der Waals surface area contributed by atoms with Gasteiger partial charge in [-0.1, -0.05) is 0 Å². The second-order valence-corrected chi connectivity index (χ2v) is 5.35. The van der Waals surface area contributed by atoms with E-state index in [4.69, 9.17) is 4.74 Å². The molecule has 2 aromatic rings. The molecule has 1 aliphatic rings. The van der Waals surface area contributed by atoms with E-state index in [0.717, 1.165) is 25.4 Å². The van der Waals surface area contributed by atoms with Crippen LogP contribution in [0.4, 0.5) is 0 Å². The normalized spacial score (nSPS) is 19.8. The second-order valence-electron chi connectivity index (χ2n) is 5.35. The van der Waals surface area contributed by atoms with Crippen molar-refractivity contribution in [3.63, 3.8) is 0 Å². The molecule has 1 atom stereocenters. The van der Waals surface area contributed by atoms with Crippen molar-refractivity contribution in [3.05, 3.63) is 30.0 Å². The number of rotatable bonds is 3. The summed E-state index contributed by atoms with van der Waals surface area (Å²) >= 11 is 0. The fraction of sp³-hybridized carbons (Fsp3) is 0.500. The Balaban J connectivity index is 2.04. The molecule has 2 heterocycles. The maximum absolute atomic E-state index is 5.64. The largest absolute Gasteiger partial charge is 0.494 e. The Morgan fingerprint density at radius 1 is 1.42 bits per heavy atom. The molecule has 1 fully saturated rings. The molecule has 3 nitrogen and oxygen atoms in total. The quantitative estimate of drug-likeness (QED) is 0.916. The molecule has 1 saturated heterocycles. The van der Waals surface area contributed by atoms with Crippen LogP contribution in [0.15, 0.2) is 24.4 Å². The molecule has 0 radical (unpaired) electrons. The number of aryl methyl sites for hydroxylation is 1. The number of hydrogen-bond donors (Lipinski definition) is 1. The van der Waals surface area contributed by atoms with Gasteiger partial charge < -0.3 is 14.6 Å². The third-order valence-electron chi connectivity index (χ3n) is 4.04. The summed E-state index contributed by atoms with van der Waals surface area (Å²) in [5, 5.41) is 4.86. The molecule has 3 heteroatoms. The number of ether oxygens (including phenoxy) is 1. The molecule has 102 valence electrons. The summed E-state index contributed by atoms with van der Waals surface area (Å²) in [7, 11) is 2.13. The van der Waals surface area contributed by atoms with Gasteiger partial charge in [-0.05, 0) is 56.0 Å². The summed E-state index contributed by atoms with van der Waals surface area (Å²) in [6.45, 7) is 5.00. The minimum absolute atomic E-state index is 0.634. The maximum atomic E-state index is 5.64. The molecule has 0 amide bonds. The first-order valence-electron chi connectivity index (χ1n) is 7.22. The van der Waals surface area contributed by atoms with E-state index in [-0.39, 0.29) is 0 Å². The number of aromatic nitrogens is 1. The summed E-state index contributed by atoms with van der Waals surface area (Å²) < 4.78 is 7.87. The first kappa shape index (κ1) is 12.5. The highest BCUT2D eigenvalue weighted by Crippen LogP contribution is 2.33. The van der Waals surface area contributed by atoms with E-state index in [1.165, 1.54) is 29.3 Å². The molecule has 19 heavy (non-hydrogen) atoms. The molecule has 1 aromatic heterocycles. The summed E-state index contributed by atoms with van der Waals surface area (Å²) in [6, 6.07) is 6.43. The van der Waals surface area contributed by atoms with Crippen LogP contribution in [0.5, 0.6) is 5.75 Å². The summed E-state index contributed by atoms with van der Waals surface area (Å²) in [6.07, 6.45) is 4.84. The van der Waals surface area contributed by atoms with E-state index >= 15 is 0 Å². The van der Waals surface area contributed by atoms with Crippen LogP contribution < -0.4 is 10.1 Å². The van der Waals surface area contributed by atoms with Crippen molar-refractivity contribution >= 4 is 10.9 Å². The van der Waals surface area contributed by atoms with Crippen molar-refractivity contribution in [1.82, 2.24) is 9.88 Å². The van der Waals surface area contributed by atoms with Crippen molar-refractivity contribution in [1.29, 1.82) is 0 Å². The number of hydrogen-bond acceptors (Lipinski definition) is 2. The van der Waals surface area contributed by atoms with Crippen LogP contribution in [0.2, 0.25) is 0 Å². The number of piperidine rings is 1. The van der Waals surface area contributed by atoms with Gasteiger partial charge in [0.15, 0.2) is 0 Å². The standard InChI is InChI=1S/C16H22N2O/c1-3-19-13-6-7-16-14(9-13)15(11-18(16)2)12-5-4-8-17-10-12/h6-7,9,11-12,17H,3-5,8,10H2,1-2H3. The van der Waals surface area contributed by atoms with E-state index in [2.05, 4.69) is 41.3 Å². The van der Waals surface area contributed by atoms with Gasteiger partial charge in [0.1, 0.15) is 5.75 Å². The van der Waals surface area contributed by atoms with Gasteiger partial charge in [-0.15, -0.1) is 0 Å². The number of nitrogens with zero attached hydrogens (tertiary/aromatic N) is 1. The first-order valence-corrected chi connectivity index (χ1v) is 7.22. The molecule has 0 aliphatic carbocycles. The molecule has 1 aliphatic heterocycles. The Morgan fingerprint density at radius 3 is 3.05 bits per heavy atom. The van der Waals surface area contributed by atoms with Crippen LogP contribution in [0.3, 0.4) is 0 Å². The highest BCUT2D eigenvalue weighted by atomic mass is 16.5. The van der Waals surface area contributed by atoms with Crippen molar-refractivity contribution in [2.45, 2.75) is 25.7 Å². The van der Waals surface area contributed by atoms with Gasteiger partial charge >= 0.3 is 0 Å². The van der Waals surface area contributed by atoms with Crippen molar-refractivity contribution in [2.75, 3.05) is 19.7 Å². The van der Waals surface area contributed by atoms with Gasteiger partial charge in [0, 0.05) is 30.7 Å². The van der Waals surface area contributed by atoms with Crippen LogP contribution in [-0.2, 0) is 7.05 Å². The summed E-state index contributed by atoms with van der Waals surface area (Å²) in [4.78, 5) is 0. The van der Waals surface area contributed by atoms with Crippen LogP contribution in [0, 0.1) is 0 Å². The zero-order chi connectivity index (χ0) is 13.2. The van der Waals surface area contributed by atoms with E-state index in [1.807, 2.05) is 6.92 Å². The van der Waals surface area contributed by atoms with Crippen LogP contribution in [-0.4, -0.2) is 24.3 Å². The SMILES string of the molecule is CCOc1ccc2c(c1)c(C1CCCNC1)cn2C. The van der Waals surface area contributed by atoms with E-state index in [1.54, 1.807) is 0 Å². The molecule has 1 unspecified atom stereocenters. The molecule has 3 rings (SSSR count). The van der Waals surface area contributed by atoms with Gasteiger partial charge in [-0.25, -0.2) is 0 Å². The average molecular weight is 258 g/mol. The lowest BCUT2D eigenvalue weighted by Crippen LogP contribution is -2.28. The molecule has 1 N–H and O–H groups in total.